The number of imidazole rings is 1. The fraction of sp³-hybridized carbons (Fsp3) is 0. The summed E-state index contributed by atoms with van der Waals surface area (Å²) < 4.78 is 1.02. The zero-order chi connectivity index (χ0) is 9.97. The second kappa shape index (κ2) is 3.75. The van der Waals surface area contributed by atoms with Gasteiger partial charge in [-0.15, -0.1) is 0 Å². The molecule has 0 bridgehead atoms. The molecule has 0 saturated carbocycles. The Morgan fingerprint density at radius 2 is 2.00 bits per heavy atom. The van der Waals surface area contributed by atoms with Crippen LogP contribution in [0.4, 0.5) is 0 Å². The van der Waals surface area contributed by atoms with E-state index in [0.717, 1.165) is 16.3 Å². The Labute approximate surface area is 89.3 Å². The maximum Gasteiger partial charge on any atom is 0.167 e. The van der Waals surface area contributed by atoms with Gasteiger partial charge in [-0.25, -0.2) is 4.98 Å². The first-order valence-corrected chi connectivity index (χ1v) is 4.85. The molecule has 0 aliphatic carbocycles. The highest BCUT2D eigenvalue weighted by Gasteiger charge is 2.01. The molecule has 0 spiro atoms. The van der Waals surface area contributed by atoms with Crippen molar-refractivity contribution < 1.29 is 4.79 Å². The molecule has 0 amide bonds. The van der Waals surface area contributed by atoms with E-state index in [4.69, 9.17) is 0 Å². The zero-order valence-electron chi connectivity index (χ0n) is 7.20. The maximum atomic E-state index is 10.4. The van der Waals surface area contributed by atoms with Gasteiger partial charge in [-0.2, -0.15) is 0 Å². The molecule has 0 unspecified atom stereocenters. The van der Waals surface area contributed by atoms with Crippen LogP contribution < -0.4 is 0 Å². The van der Waals surface area contributed by atoms with Gasteiger partial charge in [0.2, 0.25) is 0 Å². The van der Waals surface area contributed by atoms with Crippen LogP contribution in [0.2, 0.25) is 0 Å². The number of carbonyl (C=O) groups is 1. The van der Waals surface area contributed by atoms with Gasteiger partial charge in [-0.3, -0.25) is 4.79 Å². The van der Waals surface area contributed by atoms with Crippen LogP contribution in [0.5, 0.6) is 0 Å². The van der Waals surface area contributed by atoms with E-state index in [9.17, 15) is 4.79 Å². The van der Waals surface area contributed by atoms with Crippen LogP contribution in [0.25, 0.3) is 11.4 Å². The van der Waals surface area contributed by atoms with Crippen LogP contribution in [0, 0.1) is 0 Å². The molecule has 0 fully saturated rings. The van der Waals surface area contributed by atoms with Gasteiger partial charge in [0, 0.05) is 10.0 Å². The number of nitrogens with one attached hydrogen (secondary N) is 1. The number of hydrogen-bond acceptors (Lipinski definition) is 2. The number of hydrogen-bond donors (Lipinski definition) is 1. The maximum absolute atomic E-state index is 10.4. The first-order chi connectivity index (χ1) is 6.79. The van der Waals surface area contributed by atoms with Crippen LogP contribution in [0.15, 0.2) is 34.9 Å². The Balaban J connectivity index is 2.39. The number of carbonyl (C=O) groups excluding carboxylic acids is 1. The lowest BCUT2D eigenvalue weighted by atomic mass is 10.2. The van der Waals surface area contributed by atoms with Crippen molar-refractivity contribution in [1.29, 1.82) is 0 Å². The molecule has 1 heterocycles. The molecule has 0 atom stereocenters. The molecule has 4 heteroatoms. The Hall–Kier alpha value is -1.42. The number of rotatable bonds is 2. The molecule has 2 rings (SSSR count). The third kappa shape index (κ3) is 1.75. The lowest BCUT2D eigenvalue weighted by Crippen LogP contribution is -1.81. The number of aromatic amines is 1. The highest BCUT2D eigenvalue weighted by Crippen LogP contribution is 2.18. The van der Waals surface area contributed by atoms with E-state index in [1.165, 1.54) is 6.20 Å². The average Bonchev–Trinajstić information content (AvgIpc) is 2.67. The van der Waals surface area contributed by atoms with E-state index in [2.05, 4.69) is 25.9 Å². The highest BCUT2D eigenvalue weighted by atomic mass is 79.9. The van der Waals surface area contributed by atoms with Gasteiger partial charge in [0.15, 0.2) is 6.29 Å². The molecule has 1 N–H and O–H groups in total. The number of halogens is 1. The summed E-state index contributed by atoms with van der Waals surface area (Å²) >= 11 is 3.35. The lowest BCUT2D eigenvalue weighted by molar-refractivity contribution is 0.111. The SMILES string of the molecule is O=Cc1cnc(-c2ccc(Br)cc2)[nH]1. The summed E-state index contributed by atoms with van der Waals surface area (Å²) in [7, 11) is 0. The molecule has 0 saturated heterocycles. The normalized spacial score (nSPS) is 10.1. The van der Waals surface area contributed by atoms with Gasteiger partial charge in [0.1, 0.15) is 5.82 Å². The molecular weight excluding hydrogens is 244 g/mol. The second-order valence-corrected chi connectivity index (χ2v) is 3.73. The minimum Gasteiger partial charge on any atom is -0.336 e. The number of benzene rings is 1. The summed E-state index contributed by atoms with van der Waals surface area (Å²) in [5.41, 5.74) is 1.45. The van der Waals surface area contributed by atoms with Gasteiger partial charge in [-0.1, -0.05) is 28.1 Å². The van der Waals surface area contributed by atoms with Gasteiger partial charge in [0.25, 0.3) is 0 Å². The smallest absolute Gasteiger partial charge is 0.167 e. The predicted molar refractivity (Wildman–Crippen MR) is 57.1 cm³/mol. The van der Waals surface area contributed by atoms with E-state index in [-0.39, 0.29) is 0 Å². The van der Waals surface area contributed by atoms with Gasteiger partial charge in [-0.05, 0) is 12.1 Å². The van der Waals surface area contributed by atoms with Crippen LogP contribution in [0.1, 0.15) is 10.5 Å². The van der Waals surface area contributed by atoms with E-state index in [1.54, 1.807) is 0 Å². The summed E-state index contributed by atoms with van der Waals surface area (Å²) in [5, 5.41) is 0. The molecule has 0 aliphatic rings. The van der Waals surface area contributed by atoms with Crippen molar-refractivity contribution in [3.05, 3.63) is 40.6 Å². The van der Waals surface area contributed by atoms with Crippen molar-refractivity contribution in [1.82, 2.24) is 9.97 Å². The minimum atomic E-state index is 0.489. The minimum absolute atomic E-state index is 0.489. The molecule has 1 aromatic carbocycles. The van der Waals surface area contributed by atoms with E-state index >= 15 is 0 Å². The Bertz CT molecular complexity index is 447. The van der Waals surface area contributed by atoms with Crippen LogP contribution in [-0.4, -0.2) is 16.3 Å². The lowest BCUT2D eigenvalue weighted by Gasteiger charge is -1.95. The van der Waals surface area contributed by atoms with Crippen LogP contribution in [-0.2, 0) is 0 Å². The standard InChI is InChI=1S/C10H7BrN2O/c11-8-3-1-7(2-4-8)10-12-5-9(6-14)13-10/h1-6H,(H,12,13). The fourth-order valence-electron chi connectivity index (χ4n) is 1.15. The molecule has 2 aromatic rings. The summed E-state index contributed by atoms with van der Waals surface area (Å²) in [6, 6.07) is 7.71. The van der Waals surface area contributed by atoms with Gasteiger partial charge < -0.3 is 4.98 Å². The third-order valence-electron chi connectivity index (χ3n) is 1.84. The molecule has 14 heavy (non-hydrogen) atoms. The van der Waals surface area contributed by atoms with Crippen molar-refractivity contribution in [3.8, 4) is 11.4 Å². The monoisotopic (exact) mass is 250 g/mol. The summed E-state index contributed by atoms with van der Waals surface area (Å²) in [5.74, 6) is 0.708. The number of H-pyrrole nitrogens is 1. The van der Waals surface area contributed by atoms with E-state index in [1.807, 2.05) is 24.3 Å². The summed E-state index contributed by atoms with van der Waals surface area (Å²) in [6.45, 7) is 0. The van der Waals surface area contributed by atoms with Crippen molar-refractivity contribution in [3.63, 3.8) is 0 Å². The first kappa shape index (κ1) is 9.15. The van der Waals surface area contributed by atoms with Gasteiger partial charge >= 0.3 is 0 Å². The Kier molecular flexibility index (Phi) is 2.45. The molecular formula is C10H7BrN2O. The number of aromatic nitrogens is 2. The molecule has 0 radical (unpaired) electrons. The predicted octanol–water partition coefficient (Wildman–Crippen LogP) is 2.65. The quantitative estimate of drug-likeness (QED) is 0.834. The van der Waals surface area contributed by atoms with Gasteiger partial charge in [0.05, 0.1) is 11.9 Å². The second-order valence-electron chi connectivity index (χ2n) is 2.81. The van der Waals surface area contributed by atoms with Crippen LogP contribution in [0.3, 0.4) is 0 Å². The van der Waals surface area contributed by atoms with Crippen molar-refractivity contribution in [2.24, 2.45) is 0 Å². The average molecular weight is 251 g/mol. The Morgan fingerprint density at radius 3 is 2.57 bits per heavy atom. The van der Waals surface area contributed by atoms with E-state index < -0.39 is 0 Å². The summed E-state index contributed by atoms with van der Waals surface area (Å²) in [6.07, 6.45) is 2.26. The number of aldehydes is 1. The Morgan fingerprint density at radius 1 is 1.29 bits per heavy atom. The number of nitrogens with zero attached hydrogens (tertiary/aromatic N) is 1. The largest absolute Gasteiger partial charge is 0.336 e. The summed E-state index contributed by atoms with van der Waals surface area (Å²) in [4.78, 5) is 17.4. The molecule has 0 aliphatic heterocycles. The molecule has 70 valence electrons. The molecule has 3 nitrogen and oxygen atoms in total. The third-order valence-corrected chi connectivity index (χ3v) is 2.37. The van der Waals surface area contributed by atoms with Crippen LogP contribution >= 0.6 is 15.9 Å². The van der Waals surface area contributed by atoms with E-state index in [0.29, 0.717) is 11.5 Å². The van der Waals surface area contributed by atoms with Crippen molar-refractivity contribution in [2.75, 3.05) is 0 Å². The topological polar surface area (TPSA) is 45.8 Å². The van der Waals surface area contributed by atoms with Crippen molar-refractivity contribution >= 4 is 22.2 Å². The highest BCUT2D eigenvalue weighted by molar-refractivity contribution is 9.10. The zero-order valence-corrected chi connectivity index (χ0v) is 8.78. The van der Waals surface area contributed by atoms with Crippen molar-refractivity contribution in [2.45, 2.75) is 0 Å². The first-order valence-electron chi connectivity index (χ1n) is 4.06. The fourth-order valence-corrected chi connectivity index (χ4v) is 1.41. The molecule has 1 aromatic heterocycles.